The van der Waals surface area contributed by atoms with Crippen molar-refractivity contribution in [1.29, 1.82) is 0 Å². The van der Waals surface area contributed by atoms with E-state index in [9.17, 15) is 9.90 Å². The number of carboxylic acids is 1. The van der Waals surface area contributed by atoms with Crippen LogP contribution in [0.1, 0.15) is 47.4 Å². The molecule has 2 aromatic heterocycles. The van der Waals surface area contributed by atoms with Crippen LogP contribution in [0.4, 0.5) is 17.5 Å². The Labute approximate surface area is 179 Å². The quantitative estimate of drug-likeness (QED) is 0.485. The zero-order valence-corrected chi connectivity index (χ0v) is 17.6. The molecule has 4 rings (SSSR count). The van der Waals surface area contributed by atoms with Crippen LogP contribution in [0, 0.1) is 13.8 Å². The first kappa shape index (κ1) is 20.6. The molecule has 162 valence electrons. The summed E-state index contributed by atoms with van der Waals surface area (Å²) < 4.78 is 6.27. The number of nitrogens with one attached hydrogen (secondary N) is 1. The molecule has 6 N–H and O–H groups in total. The van der Waals surface area contributed by atoms with Gasteiger partial charge in [0.25, 0.3) is 0 Å². The predicted octanol–water partition coefficient (Wildman–Crippen LogP) is 3.31. The molecular formula is C22H26N6O3. The van der Waals surface area contributed by atoms with Gasteiger partial charge in [-0.25, -0.2) is 9.78 Å². The Balaban J connectivity index is 1.48. The molecule has 0 saturated heterocycles. The summed E-state index contributed by atoms with van der Waals surface area (Å²) in [6, 6.07) is 7.63. The number of ether oxygens (including phenoxy) is 1. The molecular weight excluding hydrogens is 396 g/mol. The molecule has 1 saturated carbocycles. The summed E-state index contributed by atoms with van der Waals surface area (Å²) in [7, 11) is 0. The number of carbonyl (C=O) groups is 1. The van der Waals surface area contributed by atoms with E-state index in [-0.39, 0.29) is 29.3 Å². The molecule has 1 aliphatic carbocycles. The highest BCUT2D eigenvalue weighted by atomic mass is 16.5. The van der Waals surface area contributed by atoms with Crippen LogP contribution in [0.2, 0.25) is 0 Å². The molecule has 0 radical (unpaired) electrons. The second-order valence-electron chi connectivity index (χ2n) is 7.93. The standard InChI is InChI=1S/C22H26N6O3/c1-11-10-17(28-22(24)25-11)27-13-6-8-14(9-7-13)31-16-5-3-4-15-19(16)20(23)18(21(29)30)12(2)26-15/h3-5,10,13-14H,6-9H2,1-2H3,(H2,23,26)(H,29,30)(H3,24,25,27,28). The van der Waals surface area contributed by atoms with Gasteiger partial charge in [0, 0.05) is 17.8 Å². The van der Waals surface area contributed by atoms with Crippen LogP contribution < -0.4 is 21.5 Å². The first-order chi connectivity index (χ1) is 14.8. The SMILES string of the molecule is Cc1cc(NC2CCC(Oc3cccc4nc(C)c(C(=O)O)c(N)c34)CC2)nc(N)n1. The molecule has 1 fully saturated rings. The summed E-state index contributed by atoms with van der Waals surface area (Å²) in [5.41, 5.74) is 14.0. The Morgan fingerprint density at radius 1 is 1.13 bits per heavy atom. The highest BCUT2D eigenvalue weighted by molar-refractivity contribution is 6.06. The third-order valence-electron chi connectivity index (χ3n) is 5.60. The molecule has 1 aromatic carbocycles. The lowest BCUT2D eigenvalue weighted by Crippen LogP contribution is -2.31. The molecule has 1 aliphatic rings. The number of aryl methyl sites for hydroxylation is 2. The molecule has 31 heavy (non-hydrogen) atoms. The summed E-state index contributed by atoms with van der Waals surface area (Å²) in [5.74, 6) is 0.475. The minimum atomic E-state index is -1.09. The average molecular weight is 422 g/mol. The van der Waals surface area contributed by atoms with Crippen molar-refractivity contribution in [2.75, 3.05) is 16.8 Å². The minimum Gasteiger partial charge on any atom is -0.490 e. The normalized spacial score (nSPS) is 18.6. The fourth-order valence-corrected chi connectivity index (χ4v) is 4.19. The van der Waals surface area contributed by atoms with Crippen molar-refractivity contribution in [3.63, 3.8) is 0 Å². The number of benzene rings is 1. The van der Waals surface area contributed by atoms with Gasteiger partial charge in [-0.15, -0.1) is 0 Å². The highest BCUT2D eigenvalue weighted by Crippen LogP contribution is 2.35. The number of hydrogen-bond acceptors (Lipinski definition) is 8. The van der Waals surface area contributed by atoms with Crippen molar-refractivity contribution in [3.05, 3.63) is 41.2 Å². The zero-order chi connectivity index (χ0) is 22.1. The van der Waals surface area contributed by atoms with Gasteiger partial charge in [0.15, 0.2) is 0 Å². The Hall–Kier alpha value is -3.62. The maximum atomic E-state index is 11.6. The van der Waals surface area contributed by atoms with Gasteiger partial charge >= 0.3 is 5.97 Å². The number of rotatable bonds is 5. The first-order valence-corrected chi connectivity index (χ1v) is 10.3. The van der Waals surface area contributed by atoms with Gasteiger partial charge in [-0.1, -0.05) is 6.07 Å². The summed E-state index contributed by atoms with van der Waals surface area (Å²) in [6.45, 7) is 3.53. The van der Waals surface area contributed by atoms with E-state index in [1.54, 1.807) is 6.92 Å². The van der Waals surface area contributed by atoms with Crippen LogP contribution >= 0.6 is 0 Å². The number of hydrogen-bond donors (Lipinski definition) is 4. The van der Waals surface area contributed by atoms with Crippen molar-refractivity contribution in [2.24, 2.45) is 0 Å². The van der Waals surface area contributed by atoms with Crippen LogP contribution in [0.15, 0.2) is 24.3 Å². The zero-order valence-electron chi connectivity index (χ0n) is 17.6. The van der Waals surface area contributed by atoms with Crippen LogP contribution in [-0.4, -0.2) is 38.2 Å². The lowest BCUT2D eigenvalue weighted by atomic mass is 9.93. The van der Waals surface area contributed by atoms with Gasteiger partial charge < -0.3 is 26.6 Å². The number of fused-ring (bicyclic) bond motifs is 1. The molecule has 0 aliphatic heterocycles. The van der Waals surface area contributed by atoms with Gasteiger partial charge in [0.2, 0.25) is 5.95 Å². The van der Waals surface area contributed by atoms with Crippen LogP contribution in [0.3, 0.4) is 0 Å². The molecule has 0 unspecified atom stereocenters. The van der Waals surface area contributed by atoms with Crippen molar-refractivity contribution in [1.82, 2.24) is 15.0 Å². The summed E-state index contributed by atoms with van der Waals surface area (Å²) in [6.07, 6.45) is 3.52. The number of pyridine rings is 1. The Morgan fingerprint density at radius 2 is 1.87 bits per heavy atom. The van der Waals surface area contributed by atoms with Crippen molar-refractivity contribution < 1.29 is 14.6 Å². The highest BCUT2D eigenvalue weighted by Gasteiger charge is 2.25. The third-order valence-corrected chi connectivity index (χ3v) is 5.60. The van der Waals surface area contributed by atoms with Crippen molar-refractivity contribution in [2.45, 2.75) is 51.7 Å². The molecule has 9 nitrogen and oxygen atoms in total. The fourth-order valence-electron chi connectivity index (χ4n) is 4.19. The predicted molar refractivity (Wildman–Crippen MR) is 119 cm³/mol. The van der Waals surface area contributed by atoms with E-state index in [1.807, 2.05) is 31.2 Å². The van der Waals surface area contributed by atoms with E-state index < -0.39 is 5.97 Å². The monoisotopic (exact) mass is 422 g/mol. The van der Waals surface area contributed by atoms with E-state index in [0.717, 1.165) is 37.2 Å². The number of nitrogens with zero attached hydrogens (tertiary/aromatic N) is 3. The number of anilines is 3. The van der Waals surface area contributed by atoms with Crippen LogP contribution in [0.25, 0.3) is 10.9 Å². The topological polar surface area (TPSA) is 149 Å². The molecule has 0 bridgehead atoms. The van der Waals surface area contributed by atoms with Gasteiger partial charge in [0.1, 0.15) is 17.1 Å². The van der Waals surface area contributed by atoms with Gasteiger partial charge in [0.05, 0.1) is 28.4 Å². The fraction of sp³-hybridized carbons (Fsp3) is 0.364. The maximum Gasteiger partial charge on any atom is 0.339 e. The second-order valence-corrected chi connectivity index (χ2v) is 7.93. The van der Waals surface area contributed by atoms with Crippen LogP contribution in [-0.2, 0) is 0 Å². The van der Waals surface area contributed by atoms with Gasteiger partial charge in [-0.05, 0) is 51.7 Å². The molecule has 2 heterocycles. The molecule has 0 atom stereocenters. The Bertz CT molecular complexity index is 1120. The number of nitrogens with two attached hydrogens (primary N) is 2. The number of carboxylic acid groups (broad SMARTS) is 1. The lowest BCUT2D eigenvalue weighted by molar-refractivity contribution is 0.0697. The van der Waals surface area contributed by atoms with E-state index in [2.05, 4.69) is 20.3 Å². The van der Waals surface area contributed by atoms with Gasteiger partial charge in [-0.2, -0.15) is 4.98 Å². The molecule has 3 aromatic rings. The number of aromatic nitrogens is 3. The minimum absolute atomic E-state index is 0.00911. The third kappa shape index (κ3) is 4.30. The lowest BCUT2D eigenvalue weighted by Gasteiger charge is -2.30. The van der Waals surface area contributed by atoms with E-state index in [0.29, 0.717) is 22.3 Å². The largest absolute Gasteiger partial charge is 0.490 e. The van der Waals surface area contributed by atoms with E-state index >= 15 is 0 Å². The van der Waals surface area contributed by atoms with E-state index in [4.69, 9.17) is 16.2 Å². The Kier molecular flexibility index (Phi) is 5.50. The average Bonchev–Trinajstić information content (AvgIpc) is 2.68. The summed E-state index contributed by atoms with van der Waals surface area (Å²) in [4.78, 5) is 24.4. The summed E-state index contributed by atoms with van der Waals surface area (Å²) in [5, 5.41) is 13.5. The molecule has 0 spiro atoms. The molecule has 9 heteroatoms. The van der Waals surface area contributed by atoms with Crippen molar-refractivity contribution >= 4 is 34.3 Å². The first-order valence-electron chi connectivity index (χ1n) is 10.3. The smallest absolute Gasteiger partial charge is 0.339 e. The van der Waals surface area contributed by atoms with Crippen LogP contribution in [0.5, 0.6) is 5.75 Å². The van der Waals surface area contributed by atoms with E-state index in [1.165, 1.54) is 0 Å². The molecule has 0 amide bonds. The Morgan fingerprint density at radius 3 is 2.55 bits per heavy atom. The number of nitrogen functional groups attached to an aromatic ring is 2. The summed E-state index contributed by atoms with van der Waals surface area (Å²) >= 11 is 0. The number of aromatic carboxylic acids is 1. The maximum absolute atomic E-state index is 11.6. The van der Waals surface area contributed by atoms with Gasteiger partial charge in [-0.3, -0.25) is 4.98 Å². The van der Waals surface area contributed by atoms with Crippen molar-refractivity contribution in [3.8, 4) is 5.75 Å². The second kappa shape index (κ2) is 8.25.